The second kappa shape index (κ2) is 7.18. The number of nitrogens with one attached hydrogen (secondary N) is 1. The molecule has 10 heteroatoms. The van der Waals surface area contributed by atoms with E-state index in [2.05, 4.69) is 4.72 Å². The molecule has 0 radical (unpaired) electrons. The molecule has 0 aliphatic heterocycles. The van der Waals surface area contributed by atoms with Crippen LogP contribution in [0.15, 0.2) is 55.1 Å². The Morgan fingerprint density at radius 2 is 2.12 bits per heavy atom. The van der Waals surface area contributed by atoms with Crippen molar-refractivity contribution in [2.24, 2.45) is 0 Å². The fourth-order valence-electron chi connectivity index (χ4n) is 2.36. The summed E-state index contributed by atoms with van der Waals surface area (Å²) in [6, 6.07) is 7.24. The number of sulfonamides is 1. The van der Waals surface area contributed by atoms with E-state index in [1.807, 2.05) is 0 Å². The maximum absolute atomic E-state index is 12.4. The molecule has 0 amide bonds. The van der Waals surface area contributed by atoms with Crippen molar-refractivity contribution in [3.05, 3.63) is 52.9 Å². The first-order chi connectivity index (χ1) is 12.4. The molecule has 3 aromatic rings. The summed E-state index contributed by atoms with van der Waals surface area (Å²) in [5.74, 6) is -0.901. The van der Waals surface area contributed by atoms with E-state index in [-0.39, 0.29) is 30.2 Å². The SMILES string of the molecule is CCOC(=O)Cn1c(=O)oc2cc(S(=O)(=O)NCc3ccco3)ccc21. The van der Waals surface area contributed by atoms with Crippen LogP contribution in [-0.4, -0.2) is 25.6 Å². The van der Waals surface area contributed by atoms with Crippen LogP contribution in [0.3, 0.4) is 0 Å². The average Bonchev–Trinajstić information content (AvgIpc) is 3.21. The molecule has 0 aliphatic rings. The molecular weight excluding hydrogens is 364 g/mol. The Bertz CT molecular complexity index is 1080. The van der Waals surface area contributed by atoms with E-state index in [1.165, 1.54) is 24.5 Å². The maximum atomic E-state index is 12.4. The first-order valence-electron chi connectivity index (χ1n) is 7.72. The second-order valence-corrected chi connectivity index (χ2v) is 7.06. The molecule has 138 valence electrons. The molecule has 0 saturated heterocycles. The molecule has 26 heavy (non-hydrogen) atoms. The number of hydrogen-bond donors (Lipinski definition) is 1. The van der Waals surface area contributed by atoms with Gasteiger partial charge in [-0.3, -0.25) is 9.36 Å². The Kier molecular flexibility index (Phi) is 4.96. The lowest BCUT2D eigenvalue weighted by Gasteiger charge is -2.06. The molecule has 0 saturated carbocycles. The minimum absolute atomic E-state index is 0.0127. The van der Waals surface area contributed by atoms with Gasteiger partial charge in [-0.15, -0.1) is 0 Å². The van der Waals surface area contributed by atoms with Gasteiger partial charge < -0.3 is 13.6 Å². The molecule has 2 aromatic heterocycles. The van der Waals surface area contributed by atoms with Gasteiger partial charge in [0.1, 0.15) is 12.3 Å². The molecule has 0 spiro atoms. The number of nitrogens with zero attached hydrogens (tertiary/aromatic N) is 1. The van der Waals surface area contributed by atoms with Crippen molar-refractivity contribution in [1.82, 2.24) is 9.29 Å². The number of fused-ring (bicyclic) bond motifs is 1. The monoisotopic (exact) mass is 380 g/mol. The van der Waals surface area contributed by atoms with Gasteiger partial charge in [-0.1, -0.05) is 0 Å². The molecular formula is C16H16N2O7S. The lowest BCUT2D eigenvalue weighted by Crippen LogP contribution is -2.23. The number of ether oxygens (including phenoxy) is 1. The van der Waals surface area contributed by atoms with Crippen LogP contribution in [0.4, 0.5) is 0 Å². The van der Waals surface area contributed by atoms with Crippen LogP contribution in [0.2, 0.25) is 0 Å². The highest BCUT2D eigenvalue weighted by Gasteiger charge is 2.19. The standard InChI is InChI=1S/C16H16N2O7S/c1-2-23-15(19)10-18-13-6-5-12(8-14(13)25-16(18)20)26(21,22)17-9-11-4-3-7-24-11/h3-8,17H,2,9-10H2,1H3. The number of benzene rings is 1. The summed E-state index contributed by atoms with van der Waals surface area (Å²) in [6.07, 6.45) is 1.44. The molecule has 0 bridgehead atoms. The van der Waals surface area contributed by atoms with Crippen molar-refractivity contribution in [2.45, 2.75) is 24.9 Å². The van der Waals surface area contributed by atoms with Gasteiger partial charge in [0.05, 0.1) is 29.8 Å². The summed E-state index contributed by atoms with van der Waals surface area (Å²) in [5, 5.41) is 0. The third kappa shape index (κ3) is 3.70. The summed E-state index contributed by atoms with van der Waals surface area (Å²) in [6.45, 7) is 1.51. The second-order valence-electron chi connectivity index (χ2n) is 5.29. The van der Waals surface area contributed by atoms with Crippen LogP contribution < -0.4 is 10.5 Å². The van der Waals surface area contributed by atoms with Crippen molar-refractivity contribution in [2.75, 3.05) is 6.61 Å². The van der Waals surface area contributed by atoms with E-state index in [0.29, 0.717) is 11.3 Å². The van der Waals surface area contributed by atoms with Crippen molar-refractivity contribution >= 4 is 27.1 Å². The highest BCUT2D eigenvalue weighted by molar-refractivity contribution is 7.89. The van der Waals surface area contributed by atoms with E-state index >= 15 is 0 Å². The third-order valence-corrected chi connectivity index (χ3v) is 4.96. The number of hydrogen-bond acceptors (Lipinski definition) is 7. The van der Waals surface area contributed by atoms with Crippen LogP contribution in [-0.2, 0) is 32.6 Å². The Morgan fingerprint density at radius 3 is 2.81 bits per heavy atom. The quantitative estimate of drug-likeness (QED) is 0.612. The van der Waals surface area contributed by atoms with Crippen LogP contribution in [0, 0.1) is 0 Å². The Balaban J connectivity index is 1.87. The highest BCUT2D eigenvalue weighted by atomic mass is 32.2. The summed E-state index contributed by atoms with van der Waals surface area (Å²) in [4.78, 5) is 23.4. The highest BCUT2D eigenvalue weighted by Crippen LogP contribution is 2.19. The molecule has 9 nitrogen and oxygen atoms in total. The Hall–Kier alpha value is -2.85. The molecule has 3 rings (SSSR count). The van der Waals surface area contributed by atoms with Crippen LogP contribution in [0.25, 0.3) is 11.1 Å². The molecule has 1 aromatic carbocycles. The number of esters is 1. The number of carbonyl (C=O) groups is 1. The van der Waals surface area contributed by atoms with Crippen molar-refractivity contribution < 1.29 is 26.8 Å². The van der Waals surface area contributed by atoms with E-state index in [4.69, 9.17) is 13.6 Å². The van der Waals surface area contributed by atoms with E-state index in [9.17, 15) is 18.0 Å². The molecule has 2 heterocycles. The van der Waals surface area contributed by atoms with Crippen molar-refractivity contribution in [3.63, 3.8) is 0 Å². The number of rotatable bonds is 7. The zero-order valence-electron chi connectivity index (χ0n) is 13.8. The van der Waals surface area contributed by atoms with Gasteiger partial charge in [0, 0.05) is 6.07 Å². The lowest BCUT2D eigenvalue weighted by atomic mass is 10.3. The van der Waals surface area contributed by atoms with Crippen LogP contribution in [0.5, 0.6) is 0 Å². The molecule has 0 aliphatic carbocycles. The number of furan rings is 1. The number of oxazole rings is 1. The van der Waals surface area contributed by atoms with E-state index in [1.54, 1.807) is 19.1 Å². The average molecular weight is 380 g/mol. The molecule has 0 atom stereocenters. The molecule has 1 N–H and O–H groups in total. The number of aromatic nitrogens is 1. The predicted molar refractivity (Wildman–Crippen MR) is 89.8 cm³/mol. The van der Waals surface area contributed by atoms with Gasteiger partial charge in [0.25, 0.3) is 0 Å². The lowest BCUT2D eigenvalue weighted by molar-refractivity contribution is -0.143. The van der Waals surface area contributed by atoms with E-state index in [0.717, 1.165) is 4.57 Å². The van der Waals surface area contributed by atoms with Crippen molar-refractivity contribution in [1.29, 1.82) is 0 Å². The van der Waals surface area contributed by atoms with Gasteiger partial charge >= 0.3 is 11.7 Å². The van der Waals surface area contributed by atoms with Gasteiger partial charge in [-0.2, -0.15) is 0 Å². The van der Waals surface area contributed by atoms with Gasteiger partial charge in [-0.25, -0.2) is 17.9 Å². The van der Waals surface area contributed by atoms with Crippen molar-refractivity contribution in [3.8, 4) is 0 Å². The topological polar surface area (TPSA) is 121 Å². The Morgan fingerprint density at radius 1 is 1.31 bits per heavy atom. The first-order valence-corrected chi connectivity index (χ1v) is 9.20. The maximum Gasteiger partial charge on any atom is 0.420 e. The minimum Gasteiger partial charge on any atom is -0.468 e. The Labute approximate surface area is 148 Å². The fraction of sp³-hybridized carbons (Fsp3) is 0.250. The van der Waals surface area contributed by atoms with Gasteiger partial charge in [0.2, 0.25) is 10.0 Å². The molecule has 0 unspecified atom stereocenters. The summed E-state index contributed by atoms with van der Waals surface area (Å²) < 4.78 is 43.2. The predicted octanol–water partition coefficient (Wildman–Crippen LogP) is 1.23. The van der Waals surface area contributed by atoms with Gasteiger partial charge in [-0.05, 0) is 31.2 Å². The summed E-state index contributed by atoms with van der Waals surface area (Å²) in [5.41, 5.74) is 0.355. The summed E-state index contributed by atoms with van der Waals surface area (Å²) in [7, 11) is -3.84. The zero-order valence-corrected chi connectivity index (χ0v) is 14.6. The summed E-state index contributed by atoms with van der Waals surface area (Å²) >= 11 is 0. The van der Waals surface area contributed by atoms with Crippen LogP contribution in [0.1, 0.15) is 12.7 Å². The smallest absolute Gasteiger partial charge is 0.420 e. The zero-order chi connectivity index (χ0) is 18.7. The van der Waals surface area contributed by atoms with E-state index < -0.39 is 21.7 Å². The molecule has 0 fully saturated rings. The minimum atomic E-state index is -3.84. The van der Waals surface area contributed by atoms with Crippen LogP contribution >= 0.6 is 0 Å². The largest absolute Gasteiger partial charge is 0.468 e. The number of carbonyl (C=O) groups excluding carboxylic acids is 1. The third-order valence-electron chi connectivity index (χ3n) is 3.56. The van der Waals surface area contributed by atoms with Gasteiger partial charge in [0.15, 0.2) is 5.58 Å². The first kappa shape index (κ1) is 18.0. The fourth-order valence-corrected chi connectivity index (χ4v) is 3.37. The normalized spacial score (nSPS) is 11.7.